The maximum atomic E-state index is 15.2. The molecule has 37 heavy (non-hydrogen) atoms. The zero-order valence-electron chi connectivity index (χ0n) is 20.2. The maximum Gasteiger partial charge on any atom is 0.261 e. The predicted octanol–water partition coefficient (Wildman–Crippen LogP) is 5.32. The van der Waals surface area contributed by atoms with Crippen LogP contribution >= 0.6 is 0 Å². The van der Waals surface area contributed by atoms with Gasteiger partial charge in [0.15, 0.2) is 23.1 Å². The first-order valence-electron chi connectivity index (χ1n) is 11.2. The standard InChI is InChI=1S/C28H22FN3O5/c1-32-27(17-5-4-6-18(33)11-17)31-15-20(28(32)34)16-7-8-24(21(29)12-16)37-23-9-10-30-22-14-26(36-3)25(35-2)13-19(22)23/h4-15,33H,1-3H3. The fraction of sp³-hybridized carbons (Fsp3) is 0.107. The van der Waals surface area contributed by atoms with E-state index in [-0.39, 0.29) is 22.6 Å². The summed E-state index contributed by atoms with van der Waals surface area (Å²) >= 11 is 0. The summed E-state index contributed by atoms with van der Waals surface area (Å²) in [6.45, 7) is 0. The van der Waals surface area contributed by atoms with Crippen LogP contribution in [0.1, 0.15) is 0 Å². The number of benzene rings is 3. The molecule has 0 saturated carbocycles. The Labute approximate surface area is 211 Å². The fourth-order valence-corrected chi connectivity index (χ4v) is 4.06. The van der Waals surface area contributed by atoms with Crippen LogP contribution in [0, 0.1) is 5.82 Å². The van der Waals surface area contributed by atoms with Crippen LogP contribution in [-0.2, 0) is 7.05 Å². The summed E-state index contributed by atoms with van der Waals surface area (Å²) < 4.78 is 33.1. The molecule has 0 spiro atoms. The predicted molar refractivity (Wildman–Crippen MR) is 137 cm³/mol. The SMILES string of the molecule is COc1cc2nccc(Oc3ccc(-c4cnc(-c5cccc(O)c5)n(C)c4=O)cc3F)c2cc1OC. The summed E-state index contributed by atoms with van der Waals surface area (Å²) in [5.41, 5.74) is 1.39. The number of methoxy groups -OCH3 is 2. The molecular formula is C28H22FN3O5. The van der Waals surface area contributed by atoms with Crippen LogP contribution < -0.4 is 19.8 Å². The Morgan fingerprint density at radius 1 is 0.865 bits per heavy atom. The van der Waals surface area contributed by atoms with Gasteiger partial charge in [0.25, 0.3) is 5.56 Å². The third-order valence-corrected chi connectivity index (χ3v) is 5.94. The molecule has 3 aromatic carbocycles. The van der Waals surface area contributed by atoms with Crippen molar-refractivity contribution in [3.8, 4) is 51.3 Å². The number of halogens is 1. The van der Waals surface area contributed by atoms with E-state index in [0.29, 0.717) is 45.1 Å². The topological polar surface area (TPSA) is 95.7 Å². The van der Waals surface area contributed by atoms with Crippen molar-refractivity contribution < 1.29 is 23.7 Å². The number of hydrogen-bond acceptors (Lipinski definition) is 7. The lowest BCUT2D eigenvalue weighted by Crippen LogP contribution is -2.21. The summed E-state index contributed by atoms with van der Waals surface area (Å²) in [7, 11) is 4.63. The molecule has 5 aromatic rings. The molecule has 186 valence electrons. The molecule has 0 aliphatic rings. The molecule has 9 heteroatoms. The van der Waals surface area contributed by atoms with Crippen LogP contribution in [0.25, 0.3) is 33.4 Å². The summed E-state index contributed by atoms with van der Waals surface area (Å²) in [5.74, 6) is 1.15. The number of rotatable bonds is 6. The second-order valence-corrected chi connectivity index (χ2v) is 8.19. The Morgan fingerprint density at radius 2 is 1.65 bits per heavy atom. The molecule has 0 radical (unpaired) electrons. The second kappa shape index (κ2) is 9.62. The van der Waals surface area contributed by atoms with E-state index in [1.54, 1.807) is 49.6 Å². The Kier molecular flexibility index (Phi) is 6.19. The number of phenols is 1. The van der Waals surface area contributed by atoms with Crippen LogP contribution in [0.3, 0.4) is 0 Å². The molecule has 5 rings (SSSR count). The van der Waals surface area contributed by atoms with Gasteiger partial charge < -0.3 is 19.3 Å². The number of ether oxygens (including phenoxy) is 3. The van der Waals surface area contributed by atoms with Gasteiger partial charge in [-0.15, -0.1) is 0 Å². The first-order chi connectivity index (χ1) is 17.9. The van der Waals surface area contributed by atoms with Gasteiger partial charge in [0.1, 0.15) is 17.3 Å². The van der Waals surface area contributed by atoms with E-state index in [1.165, 1.54) is 49.2 Å². The van der Waals surface area contributed by atoms with Gasteiger partial charge in [-0.3, -0.25) is 14.3 Å². The highest BCUT2D eigenvalue weighted by Crippen LogP contribution is 2.37. The Balaban J connectivity index is 1.49. The van der Waals surface area contributed by atoms with Gasteiger partial charge in [0.05, 0.1) is 25.3 Å². The van der Waals surface area contributed by atoms with Gasteiger partial charge >= 0.3 is 0 Å². The molecule has 8 nitrogen and oxygen atoms in total. The van der Waals surface area contributed by atoms with Crippen LogP contribution in [-0.4, -0.2) is 33.9 Å². The summed E-state index contributed by atoms with van der Waals surface area (Å²) in [6, 6.07) is 15.8. The molecule has 0 unspecified atom stereocenters. The molecule has 0 aliphatic carbocycles. The number of hydrogen-bond donors (Lipinski definition) is 1. The average Bonchev–Trinajstić information content (AvgIpc) is 2.90. The second-order valence-electron chi connectivity index (χ2n) is 8.19. The highest BCUT2D eigenvalue weighted by Gasteiger charge is 2.16. The first kappa shape index (κ1) is 23.8. The highest BCUT2D eigenvalue weighted by molar-refractivity contribution is 5.88. The van der Waals surface area contributed by atoms with E-state index in [2.05, 4.69) is 9.97 Å². The van der Waals surface area contributed by atoms with E-state index in [1.807, 2.05) is 0 Å². The molecular weight excluding hydrogens is 477 g/mol. The summed E-state index contributed by atoms with van der Waals surface area (Å²) in [6.07, 6.45) is 2.95. The smallest absolute Gasteiger partial charge is 0.261 e. The lowest BCUT2D eigenvalue weighted by Gasteiger charge is -2.13. The van der Waals surface area contributed by atoms with Crippen LogP contribution in [0.4, 0.5) is 4.39 Å². The minimum Gasteiger partial charge on any atom is -0.508 e. The maximum absolute atomic E-state index is 15.2. The lowest BCUT2D eigenvalue weighted by atomic mass is 10.1. The molecule has 0 saturated heterocycles. The van der Waals surface area contributed by atoms with Gasteiger partial charge in [-0.05, 0) is 42.0 Å². The van der Waals surface area contributed by atoms with Crippen molar-refractivity contribution in [1.82, 2.24) is 14.5 Å². The van der Waals surface area contributed by atoms with Gasteiger partial charge in [-0.1, -0.05) is 18.2 Å². The zero-order chi connectivity index (χ0) is 26.1. The molecule has 0 fully saturated rings. The minimum atomic E-state index is -0.651. The van der Waals surface area contributed by atoms with Crippen LogP contribution in [0.5, 0.6) is 28.7 Å². The first-order valence-corrected chi connectivity index (χ1v) is 11.2. The molecule has 0 atom stereocenters. The van der Waals surface area contributed by atoms with Crippen molar-refractivity contribution in [3.63, 3.8) is 0 Å². The third-order valence-electron chi connectivity index (χ3n) is 5.94. The third kappa shape index (κ3) is 4.42. The van der Waals surface area contributed by atoms with E-state index in [9.17, 15) is 9.90 Å². The molecule has 0 bridgehead atoms. The number of fused-ring (bicyclic) bond motifs is 1. The molecule has 0 aliphatic heterocycles. The normalized spacial score (nSPS) is 10.9. The molecule has 0 amide bonds. The summed E-state index contributed by atoms with van der Waals surface area (Å²) in [4.78, 5) is 21.8. The van der Waals surface area contributed by atoms with Crippen LogP contribution in [0.2, 0.25) is 0 Å². The Bertz CT molecular complexity index is 1700. The Morgan fingerprint density at radius 3 is 2.38 bits per heavy atom. The van der Waals surface area contributed by atoms with Gasteiger partial charge in [0.2, 0.25) is 0 Å². The number of aromatic nitrogens is 3. The van der Waals surface area contributed by atoms with Crippen LogP contribution in [0.15, 0.2) is 77.9 Å². The lowest BCUT2D eigenvalue weighted by molar-refractivity contribution is 0.355. The van der Waals surface area contributed by atoms with Gasteiger partial charge in [-0.25, -0.2) is 9.37 Å². The van der Waals surface area contributed by atoms with Crippen molar-refractivity contribution in [2.45, 2.75) is 0 Å². The number of aromatic hydroxyl groups is 1. The van der Waals surface area contributed by atoms with E-state index < -0.39 is 5.82 Å². The van der Waals surface area contributed by atoms with Crippen molar-refractivity contribution in [2.75, 3.05) is 14.2 Å². The molecule has 2 heterocycles. The van der Waals surface area contributed by atoms with Gasteiger partial charge in [-0.2, -0.15) is 0 Å². The number of nitrogens with zero attached hydrogens (tertiary/aromatic N) is 3. The van der Waals surface area contributed by atoms with Crippen molar-refractivity contribution in [3.05, 3.63) is 89.2 Å². The van der Waals surface area contributed by atoms with Crippen molar-refractivity contribution >= 4 is 10.9 Å². The summed E-state index contributed by atoms with van der Waals surface area (Å²) in [5, 5.41) is 10.4. The van der Waals surface area contributed by atoms with E-state index >= 15 is 4.39 Å². The number of pyridine rings is 1. The molecule has 2 aromatic heterocycles. The Hall–Kier alpha value is -4.92. The highest BCUT2D eigenvalue weighted by atomic mass is 19.1. The van der Waals surface area contributed by atoms with Crippen molar-refractivity contribution in [2.24, 2.45) is 7.05 Å². The largest absolute Gasteiger partial charge is 0.508 e. The van der Waals surface area contributed by atoms with E-state index in [0.717, 1.165) is 0 Å². The minimum absolute atomic E-state index is 0.0211. The van der Waals surface area contributed by atoms with E-state index in [4.69, 9.17) is 14.2 Å². The average molecular weight is 499 g/mol. The quantitative estimate of drug-likeness (QED) is 0.338. The zero-order valence-corrected chi connectivity index (χ0v) is 20.2. The molecule has 1 N–H and O–H groups in total. The monoisotopic (exact) mass is 499 g/mol. The fourth-order valence-electron chi connectivity index (χ4n) is 4.06. The number of phenolic OH excluding ortho intramolecular Hbond substituents is 1. The van der Waals surface area contributed by atoms with Gasteiger partial charge in [0, 0.05) is 36.5 Å². The van der Waals surface area contributed by atoms with Crippen molar-refractivity contribution in [1.29, 1.82) is 0 Å².